The summed E-state index contributed by atoms with van der Waals surface area (Å²) in [6.07, 6.45) is 0.679. The first kappa shape index (κ1) is 19.4. The monoisotopic (exact) mass is 414 g/mol. The molecule has 8 nitrogen and oxygen atoms in total. The number of nitrogens with one attached hydrogen (secondary N) is 1. The van der Waals surface area contributed by atoms with Gasteiger partial charge in [0.25, 0.3) is 0 Å². The molecule has 1 saturated heterocycles. The van der Waals surface area contributed by atoms with Gasteiger partial charge in [0.05, 0.1) is 59.0 Å². The van der Waals surface area contributed by atoms with Gasteiger partial charge < -0.3 is 19.2 Å². The molecule has 1 N–H and O–H groups in total. The van der Waals surface area contributed by atoms with Crippen LogP contribution in [-0.4, -0.2) is 69.9 Å². The number of carbonyl (C=O) groups excluding carboxylic acids is 2. The number of para-hydroxylation sites is 1. The second-order valence-corrected chi connectivity index (χ2v) is 9.01. The summed E-state index contributed by atoms with van der Waals surface area (Å²) in [7, 11) is 7.26. The molecule has 2 aliphatic carbocycles. The Labute approximate surface area is 175 Å². The standard InChI is InChI=1S/C22H27N3O5/c1-24(2)8-9-25-21(26)15-12-10-13(16(15)22(25)27)20-17(12)18(23-30-20)11-6-5-7-14(28-3)19(11)29-4/h5-7,12-13,15-17,20H,8-10H2,1-4H3/p+1/t12-,13+,15-,16+,17-,20-/m1/s1. The zero-order chi connectivity index (χ0) is 21.2. The van der Waals surface area contributed by atoms with Gasteiger partial charge in [0.15, 0.2) is 11.5 Å². The Bertz CT molecular complexity index is 929. The summed E-state index contributed by atoms with van der Waals surface area (Å²) in [4.78, 5) is 34.9. The maximum absolute atomic E-state index is 13.2. The molecular weight excluding hydrogens is 386 g/mol. The average molecular weight is 414 g/mol. The average Bonchev–Trinajstić information content (AvgIpc) is 3.46. The fraction of sp³-hybridized carbons (Fsp3) is 0.591. The number of ether oxygens (including phenoxy) is 2. The van der Waals surface area contributed by atoms with Crippen LogP contribution in [0, 0.1) is 29.6 Å². The second-order valence-electron chi connectivity index (χ2n) is 9.01. The molecule has 4 aliphatic rings. The molecule has 1 aromatic rings. The largest absolute Gasteiger partial charge is 0.493 e. The Morgan fingerprint density at radius 3 is 2.50 bits per heavy atom. The normalized spacial score (nSPS) is 33.6. The molecular formula is C22H28N3O5+. The van der Waals surface area contributed by atoms with Gasteiger partial charge >= 0.3 is 0 Å². The van der Waals surface area contributed by atoms with Crippen molar-refractivity contribution in [1.29, 1.82) is 0 Å². The van der Waals surface area contributed by atoms with Gasteiger partial charge in [-0.25, -0.2) is 0 Å². The van der Waals surface area contributed by atoms with Gasteiger partial charge in [-0.3, -0.25) is 14.5 Å². The topological polar surface area (TPSA) is 81.9 Å². The van der Waals surface area contributed by atoms with Gasteiger partial charge in [-0.2, -0.15) is 0 Å². The van der Waals surface area contributed by atoms with E-state index in [-0.39, 0.29) is 47.5 Å². The lowest BCUT2D eigenvalue weighted by molar-refractivity contribution is -0.857. The molecule has 0 radical (unpaired) electrons. The Balaban J connectivity index is 1.46. The van der Waals surface area contributed by atoms with E-state index in [0.29, 0.717) is 18.0 Å². The van der Waals surface area contributed by atoms with Crippen LogP contribution in [0.1, 0.15) is 12.0 Å². The van der Waals surface area contributed by atoms with Crippen LogP contribution in [-0.2, 0) is 14.4 Å². The summed E-state index contributed by atoms with van der Waals surface area (Å²) in [6, 6.07) is 5.69. The Morgan fingerprint density at radius 2 is 1.83 bits per heavy atom. The Morgan fingerprint density at radius 1 is 1.10 bits per heavy atom. The number of rotatable bonds is 6. The van der Waals surface area contributed by atoms with Crippen LogP contribution in [0.4, 0.5) is 0 Å². The van der Waals surface area contributed by atoms with Crippen LogP contribution in [0.3, 0.4) is 0 Å². The number of hydrogen-bond acceptors (Lipinski definition) is 6. The highest BCUT2D eigenvalue weighted by molar-refractivity contribution is 6.10. The van der Waals surface area contributed by atoms with Gasteiger partial charge in [-0.15, -0.1) is 0 Å². The summed E-state index contributed by atoms with van der Waals surface area (Å²) in [5.41, 5.74) is 1.64. The predicted octanol–water partition coefficient (Wildman–Crippen LogP) is -0.182. The van der Waals surface area contributed by atoms with E-state index < -0.39 is 0 Å². The van der Waals surface area contributed by atoms with E-state index in [0.717, 1.165) is 24.2 Å². The third kappa shape index (κ3) is 2.52. The van der Waals surface area contributed by atoms with Crippen LogP contribution in [0.5, 0.6) is 11.5 Å². The summed E-state index contributed by atoms with van der Waals surface area (Å²) in [5, 5.41) is 4.41. The SMILES string of the molecule is COc1cccc(C2=NO[C@@H]3[C@H]4C[C@H]([C@H]5C(=O)N(CC[NH+](C)C)C(=O)[C@@H]45)[C@H]23)c1OC. The highest BCUT2D eigenvalue weighted by Gasteiger charge is 2.70. The predicted molar refractivity (Wildman–Crippen MR) is 107 cm³/mol. The third-order valence-corrected chi connectivity index (χ3v) is 7.30. The first-order valence-corrected chi connectivity index (χ1v) is 10.6. The zero-order valence-electron chi connectivity index (χ0n) is 17.8. The van der Waals surface area contributed by atoms with Crippen molar-refractivity contribution < 1.29 is 28.8 Å². The molecule has 0 aromatic heterocycles. The number of quaternary nitrogens is 1. The van der Waals surface area contributed by atoms with Crippen molar-refractivity contribution in [3.05, 3.63) is 23.8 Å². The summed E-state index contributed by atoms with van der Waals surface area (Å²) in [6.45, 7) is 1.23. The minimum Gasteiger partial charge on any atom is -0.493 e. The number of likely N-dealkylation sites (tertiary alicyclic amines) is 1. The maximum atomic E-state index is 13.2. The van der Waals surface area contributed by atoms with Gasteiger partial charge in [-0.1, -0.05) is 11.2 Å². The molecule has 3 fully saturated rings. The summed E-state index contributed by atoms with van der Waals surface area (Å²) < 4.78 is 11.1. The number of oxime groups is 1. The van der Waals surface area contributed by atoms with Crippen LogP contribution in [0.2, 0.25) is 0 Å². The van der Waals surface area contributed by atoms with E-state index in [9.17, 15) is 9.59 Å². The molecule has 2 bridgehead atoms. The van der Waals surface area contributed by atoms with Crippen LogP contribution in [0.15, 0.2) is 23.4 Å². The number of nitrogens with zero attached hydrogens (tertiary/aromatic N) is 2. The number of imide groups is 1. The number of likely N-dealkylation sites (N-methyl/N-ethyl adjacent to an activating group) is 1. The van der Waals surface area contributed by atoms with Crippen LogP contribution >= 0.6 is 0 Å². The van der Waals surface area contributed by atoms with Crippen molar-refractivity contribution in [2.75, 3.05) is 41.4 Å². The first-order valence-electron chi connectivity index (χ1n) is 10.6. The number of amides is 2. The van der Waals surface area contributed by atoms with Crippen LogP contribution < -0.4 is 14.4 Å². The molecule has 0 spiro atoms. The Hall–Kier alpha value is -2.61. The molecule has 5 rings (SSSR count). The minimum absolute atomic E-state index is 0.00608. The fourth-order valence-electron chi connectivity index (χ4n) is 6.05. The molecule has 160 valence electrons. The number of methoxy groups -OCH3 is 2. The Kier molecular flexibility index (Phi) is 4.50. The fourth-order valence-corrected chi connectivity index (χ4v) is 6.05. The van der Waals surface area contributed by atoms with Crippen molar-refractivity contribution in [3.63, 3.8) is 0 Å². The van der Waals surface area contributed by atoms with E-state index in [4.69, 9.17) is 14.3 Å². The number of carbonyl (C=O) groups is 2. The maximum Gasteiger partial charge on any atom is 0.233 e. The molecule has 0 unspecified atom stereocenters. The lowest BCUT2D eigenvalue weighted by atomic mass is 9.71. The van der Waals surface area contributed by atoms with E-state index in [1.54, 1.807) is 14.2 Å². The number of fused-ring (bicyclic) bond motifs is 8. The van der Waals surface area contributed by atoms with Gasteiger partial charge in [0.2, 0.25) is 11.8 Å². The van der Waals surface area contributed by atoms with Gasteiger partial charge in [-0.05, 0) is 24.5 Å². The second kappa shape index (κ2) is 6.97. The molecule has 1 aromatic carbocycles. The summed E-state index contributed by atoms with van der Waals surface area (Å²) in [5.74, 6) is 0.791. The molecule has 8 heteroatoms. The van der Waals surface area contributed by atoms with Crippen molar-refractivity contribution in [2.24, 2.45) is 34.7 Å². The molecule has 2 aliphatic heterocycles. The highest BCUT2D eigenvalue weighted by Crippen LogP contribution is 2.62. The quantitative estimate of drug-likeness (QED) is 0.653. The van der Waals surface area contributed by atoms with Crippen molar-refractivity contribution >= 4 is 17.5 Å². The molecule has 2 heterocycles. The smallest absolute Gasteiger partial charge is 0.233 e. The highest BCUT2D eigenvalue weighted by atomic mass is 16.6. The number of hydrogen-bond donors (Lipinski definition) is 1. The first-order chi connectivity index (χ1) is 14.5. The van der Waals surface area contributed by atoms with E-state index in [1.165, 1.54) is 9.80 Å². The summed E-state index contributed by atoms with van der Waals surface area (Å²) >= 11 is 0. The lowest BCUT2D eigenvalue weighted by Crippen LogP contribution is -3.06. The van der Waals surface area contributed by atoms with Crippen molar-refractivity contribution in [1.82, 2.24) is 4.90 Å². The van der Waals surface area contributed by atoms with Crippen molar-refractivity contribution in [2.45, 2.75) is 12.5 Å². The van der Waals surface area contributed by atoms with E-state index in [2.05, 4.69) is 5.16 Å². The lowest BCUT2D eigenvalue weighted by Gasteiger charge is -2.30. The molecule has 2 amide bonds. The minimum atomic E-state index is -0.261. The van der Waals surface area contributed by atoms with Crippen molar-refractivity contribution in [3.8, 4) is 11.5 Å². The molecule has 30 heavy (non-hydrogen) atoms. The van der Waals surface area contributed by atoms with Crippen LogP contribution in [0.25, 0.3) is 0 Å². The number of benzene rings is 1. The van der Waals surface area contributed by atoms with E-state index in [1.807, 2.05) is 32.3 Å². The van der Waals surface area contributed by atoms with Gasteiger partial charge in [0.1, 0.15) is 6.10 Å². The third-order valence-electron chi connectivity index (χ3n) is 7.30. The zero-order valence-corrected chi connectivity index (χ0v) is 17.8. The van der Waals surface area contributed by atoms with E-state index >= 15 is 0 Å². The molecule has 6 atom stereocenters. The molecule has 2 saturated carbocycles. The van der Waals surface area contributed by atoms with Gasteiger partial charge in [0, 0.05) is 17.4 Å².